The van der Waals surface area contributed by atoms with Crippen LogP contribution in [0.15, 0.2) is 24.4 Å². The normalized spacial score (nSPS) is 20.8. The van der Waals surface area contributed by atoms with E-state index < -0.39 is 17.8 Å². The van der Waals surface area contributed by atoms with Crippen LogP contribution in [0, 0.1) is 18.8 Å². The molecule has 1 aromatic carbocycles. The minimum Gasteiger partial charge on any atom is -0.395 e. The molecule has 2 fully saturated rings. The van der Waals surface area contributed by atoms with E-state index >= 15 is 0 Å². The van der Waals surface area contributed by atoms with Crippen LogP contribution < -0.4 is 10.2 Å². The largest absolute Gasteiger partial charge is 0.421 e. The van der Waals surface area contributed by atoms with Gasteiger partial charge >= 0.3 is 6.18 Å². The maximum absolute atomic E-state index is 13.7. The van der Waals surface area contributed by atoms with Crippen molar-refractivity contribution in [3.8, 4) is 0 Å². The molecule has 4 rings (SSSR count). The van der Waals surface area contributed by atoms with Gasteiger partial charge < -0.3 is 20.2 Å². The Morgan fingerprint density at radius 2 is 2.00 bits per heavy atom. The molecular weight excluding hydrogens is 467 g/mol. The van der Waals surface area contributed by atoms with Crippen LogP contribution in [-0.2, 0) is 6.18 Å². The Hall–Kier alpha value is -2.10. The summed E-state index contributed by atoms with van der Waals surface area (Å²) in [6.45, 7) is 7.92. The molecule has 0 radical (unpaired) electrons. The quantitative estimate of drug-likeness (QED) is 0.574. The zero-order valence-corrected chi connectivity index (χ0v) is 20.2. The SMILES string of the molecule is Cc1ccc([C@@H](C)Nc2nc(N3CC([C@H]4CCCN(CCO)C4)C3)ncc2C(F)(F)F)c(Cl)c1. The first kappa shape index (κ1) is 25.0. The predicted octanol–water partition coefficient (Wildman–Crippen LogP) is 4.77. The molecule has 2 N–H and O–H groups in total. The molecule has 186 valence electrons. The molecule has 2 atom stereocenters. The molecule has 0 bridgehead atoms. The van der Waals surface area contributed by atoms with Crippen molar-refractivity contribution >= 4 is 23.4 Å². The van der Waals surface area contributed by atoms with Crippen molar-refractivity contribution < 1.29 is 18.3 Å². The van der Waals surface area contributed by atoms with Gasteiger partial charge in [0.15, 0.2) is 0 Å². The van der Waals surface area contributed by atoms with E-state index in [9.17, 15) is 18.3 Å². The maximum Gasteiger partial charge on any atom is 0.421 e. The molecule has 2 saturated heterocycles. The number of piperidine rings is 1. The van der Waals surface area contributed by atoms with E-state index in [0.717, 1.165) is 50.8 Å². The Bertz CT molecular complexity index is 997. The Morgan fingerprint density at radius 3 is 2.68 bits per heavy atom. The predicted molar refractivity (Wildman–Crippen MR) is 127 cm³/mol. The summed E-state index contributed by atoms with van der Waals surface area (Å²) in [6, 6.07) is 5.01. The molecule has 2 aromatic rings. The second-order valence-electron chi connectivity index (χ2n) is 9.41. The second-order valence-corrected chi connectivity index (χ2v) is 9.82. The van der Waals surface area contributed by atoms with Crippen molar-refractivity contribution in [3.05, 3.63) is 46.1 Å². The number of β-amino-alcohol motifs (C(OH)–C–C–N with tert-alkyl or cyclic N) is 1. The van der Waals surface area contributed by atoms with Gasteiger partial charge in [-0.1, -0.05) is 23.7 Å². The molecule has 2 aliphatic rings. The molecule has 34 heavy (non-hydrogen) atoms. The van der Waals surface area contributed by atoms with Crippen molar-refractivity contribution in [2.24, 2.45) is 11.8 Å². The summed E-state index contributed by atoms with van der Waals surface area (Å²) in [5, 5.41) is 12.6. The number of aliphatic hydroxyl groups excluding tert-OH is 1. The zero-order valence-electron chi connectivity index (χ0n) is 19.4. The highest BCUT2D eigenvalue weighted by atomic mass is 35.5. The zero-order chi connectivity index (χ0) is 24.5. The van der Waals surface area contributed by atoms with Gasteiger partial charge in [-0.05, 0) is 62.3 Å². The third-order valence-corrected chi connectivity index (χ3v) is 7.20. The van der Waals surface area contributed by atoms with Gasteiger partial charge in [-0.2, -0.15) is 18.2 Å². The fraction of sp³-hybridized carbons (Fsp3) is 0.583. The summed E-state index contributed by atoms with van der Waals surface area (Å²) >= 11 is 6.33. The Morgan fingerprint density at radius 1 is 1.24 bits per heavy atom. The molecule has 0 saturated carbocycles. The number of nitrogens with zero attached hydrogens (tertiary/aromatic N) is 4. The van der Waals surface area contributed by atoms with Gasteiger partial charge in [0.05, 0.1) is 12.6 Å². The number of benzene rings is 1. The number of anilines is 2. The van der Waals surface area contributed by atoms with Crippen LogP contribution in [0.25, 0.3) is 0 Å². The number of aromatic nitrogens is 2. The average molecular weight is 498 g/mol. The van der Waals surface area contributed by atoms with E-state index in [1.54, 1.807) is 13.0 Å². The van der Waals surface area contributed by atoms with Crippen molar-refractivity contribution in [2.45, 2.75) is 38.9 Å². The van der Waals surface area contributed by atoms with E-state index in [0.29, 0.717) is 34.9 Å². The fourth-order valence-corrected chi connectivity index (χ4v) is 5.30. The summed E-state index contributed by atoms with van der Waals surface area (Å²) in [7, 11) is 0. The lowest BCUT2D eigenvalue weighted by atomic mass is 9.81. The Kier molecular flexibility index (Phi) is 7.54. The summed E-state index contributed by atoms with van der Waals surface area (Å²) in [5.41, 5.74) is 0.788. The van der Waals surface area contributed by atoms with Crippen LogP contribution in [-0.4, -0.2) is 59.3 Å². The van der Waals surface area contributed by atoms with Crippen molar-refractivity contribution in [1.82, 2.24) is 14.9 Å². The van der Waals surface area contributed by atoms with Gasteiger partial charge in [0.2, 0.25) is 5.95 Å². The third-order valence-electron chi connectivity index (χ3n) is 6.87. The number of rotatable bonds is 7. The first-order valence-corrected chi connectivity index (χ1v) is 12.1. The Balaban J connectivity index is 1.48. The van der Waals surface area contributed by atoms with Crippen LogP contribution in [0.2, 0.25) is 5.02 Å². The van der Waals surface area contributed by atoms with E-state index in [1.165, 1.54) is 0 Å². The summed E-state index contributed by atoms with van der Waals surface area (Å²) in [4.78, 5) is 12.6. The highest BCUT2D eigenvalue weighted by Crippen LogP contribution is 2.38. The van der Waals surface area contributed by atoms with Crippen LogP contribution in [0.5, 0.6) is 0 Å². The van der Waals surface area contributed by atoms with Crippen LogP contribution in [0.4, 0.5) is 24.9 Å². The number of hydrogen-bond acceptors (Lipinski definition) is 6. The van der Waals surface area contributed by atoms with Crippen molar-refractivity contribution in [1.29, 1.82) is 0 Å². The van der Waals surface area contributed by atoms with Crippen molar-refractivity contribution in [2.75, 3.05) is 49.5 Å². The highest BCUT2D eigenvalue weighted by molar-refractivity contribution is 6.31. The minimum absolute atomic E-state index is 0.158. The number of aryl methyl sites for hydroxylation is 1. The Labute approximate surface area is 203 Å². The number of nitrogens with one attached hydrogen (secondary N) is 1. The fourth-order valence-electron chi connectivity index (χ4n) is 4.90. The average Bonchev–Trinajstić information content (AvgIpc) is 2.72. The van der Waals surface area contributed by atoms with Crippen LogP contribution in [0.1, 0.15) is 42.5 Å². The lowest BCUT2D eigenvalue weighted by Crippen LogP contribution is -2.54. The molecular formula is C24H31ClF3N5O. The smallest absolute Gasteiger partial charge is 0.395 e. The molecule has 10 heteroatoms. The monoisotopic (exact) mass is 497 g/mol. The van der Waals surface area contributed by atoms with Gasteiger partial charge in [-0.15, -0.1) is 0 Å². The molecule has 1 aromatic heterocycles. The maximum atomic E-state index is 13.7. The molecule has 0 amide bonds. The van der Waals surface area contributed by atoms with E-state index in [1.807, 2.05) is 24.0 Å². The molecule has 6 nitrogen and oxygen atoms in total. The lowest BCUT2D eigenvalue weighted by Gasteiger charge is -2.46. The first-order valence-electron chi connectivity index (χ1n) is 11.7. The molecule has 0 spiro atoms. The molecule has 2 aliphatic heterocycles. The van der Waals surface area contributed by atoms with Gasteiger partial charge in [0.1, 0.15) is 11.4 Å². The number of aliphatic hydroxyl groups is 1. The van der Waals surface area contributed by atoms with Crippen LogP contribution in [0.3, 0.4) is 0 Å². The van der Waals surface area contributed by atoms with Crippen LogP contribution >= 0.6 is 11.6 Å². The number of hydrogen-bond donors (Lipinski definition) is 2. The first-order chi connectivity index (χ1) is 16.2. The van der Waals surface area contributed by atoms with E-state index in [4.69, 9.17) is 11.6 Å². The number of likely N-dealkylation sites (tertiary alicyclic amines) is 1. The number of halogens is 4. The summed E-state index contributed by atoms with van der Waals surface area (Å²) in [5.74, 6) is 1.04. The molecule has 0 unspecified atom stereocenters. The third kappa shape index (κ3) is 5.58. The van der Waals surface area contributed by atoms with Gasteiger partial charge in [-0.25, -0.2) is 4.98 Å². The van der Waals surface area contributed by atoms with E-state index in [-0.39, 0.29) is 12.4 Å². The topological polar surface area (TPSA) is 64.5 Å². The van der Waals surface area contributed by atoms with Gasteiger partial charge in [-0.3, -0.25) is 0 Å². The van der Waals surface area contributed by atoms with Gasteiger partial charge in [0, 0.05) is 37.4 Å². The highest BCUT2D eigenvalue weighted by Gasteiger charge is 2.39. The van der Waals surface area contributed by atoms with Crippen molar-refractivity contribution in [3.63, 3.8) is 0 Å². The second kappa shape index (κ2) is 10.3. The summed E-state index contributed by atoms with van der Waals surface area (Å²) < 4.78 is 41.1. The van der Waals surface area contributed by atoms with E-state index in [2.05, 4.69) is 20.2 Å². The minimum atomic E-state index is -4.58. The van der Waals surface area contributed by atoms with Gasteiger partial charge in [0.25, 0.3) is 0 Å². The standard InChI is InChI=1S/C24H31ClF3N5O/c1-15-5-6-19(21(25)10-15)16(2)30-22-20(24(26,27)28)11-29-23(31-22)33-13-18(14-33)17-4-3-7-32(12-17)8-9-34/h5-6,10-11,16-18,34H,3-4,7-9,12-14H2,1-2H3,(H,29,30,31)/t16-,17+/m1/s1. The molecule has 0 aliphatic carbocycles. The molecule has 3 heterocycles. The number of alkyl halides is 3. The lowest BCUT2D eigenvalue weighted by molar-refractivity contribution is -0.137. The summed E-state index contributed by atoms with van der Waals surface area (Å²) in [6.07, 6.45) is -1.47.